The van der Waals surface area contributed by atoms with Crippen LogP contribution in [-0.4, -0.2) is 42.0 Å². The fourth-order valence-corrected chi connectivity index (χ4v) is 4.63. The van der Waals surface area contributed by atoms with E-state index < -0.39 is 11.6 Å². The smallest absolute Gasteiger partial charge is 0.260 e. The monoisotopic (exact) mass is 475 g/mol. The highest BCUT2D eigenvalue weighted by Crippen LogP contribution is 2.32. The summed E-state index contributed by atoms with van der Waals surface area (Å²) >= 11 is 1.12. The molecule has 1 amide bonds. The SMILES string of the molecule is CCN(CC)CCN(C(=O)c1ccc2ccccc2c1)c1nc2c(F)cc(F)cc2s1.Cl. The molecule has 8 heteroatoms. The van der Waals surface area contributed by atoms with E-state index in [0.717, 1.165) is 41.3 Å². The zero-order valence-electron chi connectivity index (χ0n) is 17.8. The maximum atomic E-state index is 14.2. The van der Waals surface area contributed by atoms with Gasteiger partial charge in [0.1, 0.15) is 11.3 Å². The van der Waals surface area contributed by atoms with Gasteiger partial charge < -0.3 is 4.90 Å². The summed E-state index contributed by atoms with van der Waals surface area (Å²) in [6.45, 7) is 6.89. The quantitative estimate of drug-likeness (QED) is 0.322. The van der Waals surface area contributed by atoms with Gasteiger partial charge in [0.05, 0.1) is 4.70 Å². The lowest BCUT2D eigenvalue weighted by Crippen LogP contribution is -2.38. The summed E-state index contributed by atoms with van der Waals surface area (Å²) in [5.41, 5.74) is 0.615. The fourth-order valence-electron chi connectivity index (χ4n) is 3.60. The molecule has 0 aliphatic rings. The van der Waals surface area contributed by atoms with E-state index in [9.17, 15) is 13.6 Å². The molecule has 0 spiro atoms. The zero-order valence-corrected chi connectivity index (χ0v) is 19.5. The molecule has 32 heavy (non-hydrogen) atoms. The molecule has 0 atom stereocenters. The number of halogens is 3. The normalized spacial score (nSPS) is 11.2. The third-order valence-electron chi connectivity index (χ3n) is 5.41. The Morgan fingerprint density at radius 2 is 1.69 bits per heavy atom. The van der Waals surface area contributed by atoms with Crippen LogP contribution >= 0.6 is 23.7 Å². The van der Waals surface area contributed by atoms with Crippen LogP contribution in [0.4, 0.5) is 13.9 Å². The number of fused-ring (bicyclic) bond motifs is 2. The van der Waals surface area contributed by atoms with E-state index in [4.69, 9.17) is 0 Å². The molecule has 0 radical (unpaired) electrons. The first-order valence-corrected chi connectivity index (χ1v) is 11.1. The van der Waals surface area contributed by atoms with Gasteiger partial charge >= 0.3 is 0 Å². The van der Waals surface area contributed by atoms with E-state index in [1.165, 1.54) is 6.07 Å². The van der Waals surface area contributed by atoms with Crippen LogP contribution in [0.15, 0.2) is 54.6 Å². The second-order valence-electron chi connectivity index (χ2n) is 7.28. The molecular weight excluding hydrogens is 452 g/mol. The lowest BCUT2D eigenvalue weighted by atomic mass is 10.1. The summed E-state index contributed by atoms with van der Waals surface area (Å²) in [5.74, 6) is -1.59. The Hall–Kier alpha value is -2.61. The van der Waals surface area contributed by atoms with Crippen LogP contribution in [-0.2, 0) is 0 Å². The van der Waals surface area contributed by atoms with Crippen LogP contribution in [0.1, 0.15) is 24.2 Å². The Morgan fingerprint density at radius 3 is 2.41 bits per heavy atom. The van der Waals surface area contributed by atoms with Crippen molar-refractivity contribution in [2.75, 3.05) is 31.1 Å². The number of nitrogens with zero attached hydrogens (tertiary/aromatic N) is 3. The van der Waals surface area contributed by atoms with Crippen LogP contribution in [0.2, 0.25) is 0 Å². The van der Waals surface area contributed by atoms with Crippen molar-refractivity contribution in [3.8, 4) is 0 Å². The molecule has 4 aromatic rings. The first-order valence-electron chi connectivity index (χ1n) is 10.3. The molecule has 0 N–H and O–H groups in total. The summed E-state index contributed by atoms with van der Waals surface area (Å²) in [6.07, 6.45) is 0. The number of benzene rings is 3. The van der Waals surface area contributed by atoms with E-state index in [1.54, 1.807) is 11.0 Å². The first kappa shape index (κ1) is 24.0. The highest BCUT2D eigenvalue weighted by atomic mass is 35.5. The van der Waals surface area contributed by atoms with Crippen molar-refractivity contribution in [3.05, 3.63) is 71.8 Å². The number of carbonyl (C=O) groups is 1. The molecule has 1 aromatic heterocycles. The van der Waals surface area contributed by atoms with Crippen LogP contribution in [0, 0.1) is 11.6 Å². The van der Waals surface area contributed by atoms with Gasteiger partial charge in [-0.05, 0) is 42.1 Å². The van der Waals surface area contributed by atoms with Gasteiger partial charge in [-0.15, -0.1) is 12.4 Å². The van der Waals surface area contributed by atoms with Gasteiger partial charge in [0, 0.05) is 24.7 Å². The van der Waals surface area contributed by atoms with Crippen molar-refractivity contribution in [2.45, 2.75) is 13.8 Å². The maximum absolute atomic E-state index is 14.2. The Bertz CT molecular complexity index is 1240. The van der Waals surface area contributed by atoms with E-state index >= 15 is 0 Å². The van der Waals surface area contributed by atoms with Crippen LogP contribution in [0.25, 0.3) is 21.0 Å². The molecule has 0 unspecified atom stereocenters. The van der Waals surface area contributed by atoms with E-state index in [0.29, 0.717) is 28.5 Å². The van der Waals surface area contributed by atoms with Gasteiger partial charge in [0.25, 0.3) is 5.91 Å². The number of aromatic nitrogens is 1. The molecule has 0 fully saturated rings. The molecule has 3 aromatic carbocycles. The molecule has 0 aliphatic carbocycles. The van der Waals surface area contributed by atoms with E-state index in [-0.39, 0.29) is 23.8 Å². The number of hydrogen-bond donors (Lipinski definition) is 0. The van der Waals surface area contributed by atoms with Gasteiger partial charge in [0.15, 0.2) is 10.9 Å². The summed E-state index contributed by atoms with van der Waals surface area (Å²) in [6, 6.07) is 15.5. The van der Waals surface area contributed by atoms with Gasteiger partial charge in [-0.3, -0.25) is 9.69 Å². The number of rotatable bonds is 7. The van der Waals surface area contributed by atoms with Crippen molar-refractivity contribution in [1.29, 1.82) is 0 Å². The second kappa shape index (κ2) is 10.3. The predicted octanol–water partition coefficient (Wildman–Crippen LogP) is 6.14. The lowest BCUT2D eigenvalue weighted by Gasteiger charge is -2.24. The van der Waals surface area contributed by atoms with E-state index in [2.05, 4.69) is 23.7 Å². The number of hydrogen-bond acceptors (Lipinski definition) is 4. The van der Waals surface area contributed by atoms with Crippen molar-refractivity contribution >= 4 is 55.8 Å². The molecule has 4 nitrogen and oxygen atoms in total. The minimum atomic E-state index is -0.723. The van der Waals surface area contributed by atoms with Crippen molar-refractivity contribution < 1.29 is 13.6 Å². The average molecular weight is 476 g/mol. The highest BCUT2D eigenvalue weighted by molar-refractivity contribution is 7.22. The Morgan fingerprint density at radius 1 is 0.969 bits per heavy atom. The van der Waals surface area contributed by atoms with Crippen LogP contribution in [0.5, 0.6) is 0 Å². The third kappa shape index (κ3) is 4.90. The lowest BCUT2D eigenvalue weighted by molar-refractivity contribution is 0.0984. The van der Waals surface area contributed by atoms with Gasteiger partial charge in [0.2, 0.25) is 0 Å². The molecule has 0 saturated heterocycles. The molecule has 0 saturated carbocycles. The molecule has 0 bridgehead atoms. The second-order valence-corrected chi connectivity index (χ2v) is 8.29. The largest absolute Gasteiger partial charge is 0.302 e. The third-order valence-corrected chi connectivity index (χ3v) is 6.43. The van der Waals surface area contributed by atoms with Crippen molar-refractivity contribution in [3.63, 3.8) is 0 Å². The number of anilines is 1. The summed E-state index contributed by atoms with van der Waals surface area (Å²) in [4.78, 5) is 21.6. The minimum Gasteiger partial charge on any atom is -0.302 e. The van der Waals surface area contributed by atoms with Crippen LogP contribution in [0.3, 0.4) is 0 Å². The average Bonchev–Trinajstić information content (AvgIpc) is 3.20. The minimum absolute atomic E-state index is 0. The van der Waals surface area contributed by atoms with Gasteiger partial charge in [-0.1, -0.05) is 55.5 Å². The Labute approximate surface area is 195 Å². The van der Waals surface area contributed by atoms with Gasteiger partial charge in [-0.2, -0.15) is 0 Å². The number of carbonyl (C=O) groups excluding carboxylic acids is 1. The van der Waals surface area contributed by atoms with Crippen LogP contribution < -0.4 is 4.90 Å². The standard InChI is InChI=1S/C24H23F2N3OS.ClH/c1-3-28(4-2)11-12-29(24-27-22-20(26)14-19(25)15-21(22)31-24)23(30)18-10-9-16-7-5-6-8-17(16)13-18;/h5-10,13-15H,3-4,11-12H2,1-2H3;1H. The maximum Gasteiger partial charge on any atom is 0.260 e. The topological polar surface area (TPSA) is 36.4 Å². The first-order chi connectivity index (χ1) is 15.0. The van der Waals surface area contributed by atoms with E-state index in [1.807, 2.05) is 36.4 Å². The van der Waals surface area contributed by atoms with Crippen molar-refractivity contribution in [2.24, 2.45) is 0 Å². The predicted molar refractivity (Wildman–Crippen MR) is 130 cm³/mol. The molecule has 168 valence electrons. The number of likely N-dealkylation sites (N-methyl/N-ethyl adjacent to an activating group) is 1. The molecule has 4 rings (SSSR count). The van der Waals surface area contributed by atoms with Crippen molar-refractivity contribution in [1.82, 2.24) is 9.88 Å². The Kier molecular flexibility index (Phi) is 7.77. The van der Waals surface area contributed by atoms with Gasteiger partial charge in [-0.25, -0.2) is 13.8 Å². The fraction of sp³-hybridized carbons (Fsp3) is 0.250. The molecular formula is C24H24ClF2N3OS. The zero-order chi connectivity index (χ0) is 22.0. The molecule has 0 aliphatic heterocycles. The summed E-state index contributed by atoms with van der Waals surface area (Å²) in [7, 11) is 0. The number of thiazole rings is 1. The Balaban J connectivity index is 0.00000289. The summed E-state index contributed by atoms with van der Waals surface area (Å²) in [5, 5.41) is 2.38. The number of amides is 1. The molecule has 1 heterocycles. The summed E-state index contributed by atoms with van der Waals surface area (Å²) < 4.78 is 28.3. The highest BCUT2D eigenvalue weighted by Gasteiger charge is 2.23.